The molecule has 1 saturated heterocycles. The molecule has 0 spiro atoms. The molecule has 3 nitrogen and oxygen atoms in total. The topological polar surface area (TPSA) is 38.5 Å². The van der Waals surface area contributed by atoms with Gasteiger partial charge in [-0.05, 0) is 32.0 Å². The summed E-state index contributed by atoms with van der Waals surface area (Å²) in [4.78, 5) is 2.13. The van der Waals surface area contributed by atoms with Crippen molar-refractivity contribution in [2.24, 2.45) is 5.73 Å². The van der Waals surface area contributed by atoms with Gasteiger partial charge in [-0.1, -0.05) is 17.7 Å². The Balaban J connectivity index is 2.23. The predicted molar refractivity (Wildman–Crippen MR) is 74.8 cm³/mol. The molecular weight excluding hydrogens is 267 g/mol. The number of ether oxygens (including phenoxy) is 1. The molecule has 1 aliphatic rings. The molecule has 1 heterocycles. The number of rotatable bonds is 4. The maximum Gasteiger partial charge on any atom is 0.129 e. The van der Waals surface area contributed by atoms with Crippen LogP contribution in [0.2, 0.25) is 5.02 Å². The fourth-order valence-corrected chi connectivity index (χ4v) is 2.95. The monoisotopic (exact) mass is 286 g/mol. The second-order valence-corrected chi connectivity index (χ2v) is 5.30. The smallest absolute Gasteiger partial charge is 0.129 e. The van der Waals surface area contributed by atoms with E-state index in [1.54, 1.807) is 12.1 Å². The highest BCUT2D eigenvalue weighted by atomic mass is 35.5. The normalized spacial score (nSPS) is 18.8. The maximum atomic E-state index is 14.0. The average molecular weight is 287 g/mol. The van der Waals surface area contributed by atoms with Gasteiger partial charge in [-0.25, -0.2) is 4.39 Å². The summed E-state index contributed by atoms with van der Waals surface area (Å²) in [5.74, 6) is -0.290. The highest BCUT2D eigenvalue weighted by Gasteiger charge is 2.28. The number of hydrogen-bond donors (Lipinski definition) is 1. The zero-order valence-electron chi connectivity index (χ0n) is 11.1. The standard InChI is InChI=1S/C14H20ClFN2O/c1-18(10-5-7-19-8-6-10)13(9-17)14-11(15)3-2-4-12(14)16/h2-4,10,13H,5-9,17H2,1H3. The summed E-state index contributed by atoms with van der Waals surface area (Å²) >= 11 is 6.14. The van der Waals surface area contributed by atoms with E-state index in [2.05, 4.69) is 4.90 Å². The van der Waals surface area contributed by atoms with E-state index in [9.17, 15) is 4.39 Å². The van der Waals surface area contributed by atoms with Gasteiger partial charge in [-0.2, -0.15) is 0 Å². The Bertz CT molecular complexity index is 404. The van der Waals surface area contributed by atoms with Crippen LogP contribution in [0.15, 0.2) is 18.2 Å². The van der Waals surface area contributed by atoms with Crippen LogP contribution in [0.1, 0.15) is 24.4 Å². The number of halogens is 2. The van der Waals surface area contributed by atoms with Crippen LogP contribution >= 0.6 is 11.6 Å². The minimum absolute atomic E-state index is 0.197. The summed E-state index contributed by atoms with van der Waals surface area (Å²) in [6, 6.07) is 4.92. The predicted octanol–water partition coefficient (Wildman–Crippen LogP) is 2.59. The van der Waals surface area contributed by atoms with Gasteiger partial charge >= 0.3 is 0 Å². The fraction of sp³-hybridized carbons (Fsp3) is 0.571. The molecule has 1 aromatic carbocycles. The highest BCUT2D eigenvalue weighted by Crippen LogP contribution is 2.31. The molecule has 1 aromatic rings. The second-order valence-electron chi connectivity index (χ2n) is 4.90. The summed E-state index contributed by atoms with van der Waals surface area (Å²) in [5.41, 5.74) is 6.35. The molecule has 1 aliphatic heterocycles. The summed E-state index contributed by atoms with van der Waals surface area (Å²) in [7, 11) is 1.98. The van der Waals surface area contributed by atoms with Crippen molar-refractivity contribution in [2.45, 2.75) is 24.9 Å². The minimum atomic E-state index is -0.290. The largest absolute Gasteiger partial charge is 0.381 e. The molecule has 106 valence electrons. The van der Waals surface area contributed by atoms with E-state index in [4.69, 9.17) is 22.1 Å². The molecule has 2 rings (SSSR count). The van der Waals surface area contributed by atoms with Crippen LogP contribution in [0, 0.1) is 5.82 Å². The molecule has 0 aromatic heterocycles. The summed E-state index contributed by atoms with van der Waals surface area (Å²) < 4.78 is 19.4. The van der Waals surface area contributed by atoms with Crippen LogP contribution in [0.5, 0.6) is 0 Å². The Morgan fingerprint density at radius 2 is 2.16 bits per heavy atom. The molecule has 0 radical (unpaired) electrons. The Kier molecular flexibility index (Phi) is 5.16. The van der Waals surface area contributed by atoms with E-state index in [0.29, 0.717) is 23.2 Å². The number of hydrogen-bond acceptors (Lipinski definition) is 3. The first-order valence-corrected chi connectivity index (χ1v) is 6.96. The first-order valence-electron chi connectivity index (χ1n) is 6.58. The highest BCUT2D eigenvalue weighted by molar-refractivity contribution is 6.31. The van der Waals surface area contributed by atoms with Crippen LogP contribution < -0.4 is 5.73 Å². The van der Waals surface area contributed by atoms with Gasteiger partial charge in [0.2, 0.25) is 0 Å². The molecule has 1 unspecified atom stereocenters. The first kappa shape index (κ1) is 14.7. The summed E-state index contributed by atoms with van der Waals surface area (Å²) in [5, 5.41) is 0.439. The Morgan fingerprint density at radius 3 is 2.74 bits per heavy atom. The van der Waals surface area contributed by atoms with Crippen molar-refractivity contribution in [1.29, 1.82) is 0 Å². The van der Waals surface area contributed by atoms with Gasteiger partial charge in [-0.3, -0.25) is 4.90 Å². The van der Waals surface area contributed by atoms with Gasteiger partial charge in [0.25, 0.3) is 0 Å². The third-order valence-corrected chi connectivity index (χ3v) is 4.14. The molecule has 1 atom stereocenters. The molecular formula is C14H20ClFN2O. The third kappa shape index (κ3) is 3.26. The Labute approximate surface area is 118 Å². The van der Waals surface area contributed by atoms with Crippen molar-refractivity contribution in [3.8, 4) is 0 Å². The number of nitrogens with two attached hydrogens (primary N) is 1. The zero-order valence-corrected chi connectivity index (χ0v) is 11.9. The number of nitrogens with zero attached hydrogens (tertiary/aromatic N) is 1. The van der Waals surface area contributed by atoms with Crippen molar-refractivity contribution in [2.75, 3.05) is 26.8 Å². The van der Waals surface area contributed by atoms with E-state index in [1.165, 1.54) is 6.07 Å². The van der Waals surface area contributed by atoms with Crippen LogP contribution in [0.3, 0.4) is 0 Å². The van der Waals surface area contributed by atoms with Crippen molar-refractivity contribution < 1.29 is 9.13 Å². The third-order valence-electron chi connectivity index (χ3n) is 3.81. The maximum absolute atomic E-state index is 14.0. The van der Waals surface area contributed by atoms with E-state index in [-0.39, 0.29) is 11.9 Å². The molecule has 0 saturated carbocycles. The van der Waals surface area contributed by atoms with Gasteiger partial charge < -0.3 is 10.5 Å². The van der Waals surface area contributed by atoms with Crippen LogP contribution in [-0.4, -0.2) is 37.7 Å². The Hall–Kier alpha value is -0.680. The first-order chi connectivity index (χ1) is 9.15. The van der Waals surface area contributed by atoms with Gasteiger partial charge in [0.1, 0.15) is 5.82 Å². The van der Waals surface area contributed by atoms with E-state index >= 15 is 0 Å². The van der Waals surface area contributed by atoms with Crippen LogP contribution in [0.4, 0.5) is 4.39 Å². The Morgan fingerprint density at radius 1 is 1.47 bits per heavy atom. The van der Waals surface area contributed by atoms with Crippen molar-refractivity contribution in [1.82, 2.24) is 4.90 Å². The molecule has 5 heteroatoms. The lowest BCUT2D eigenvalue weighted by Gasteiger charge is -2.37. The number of likely N-dealkylation sites (N-methyl/N-ethyl adjacent to an activating group) is 1. The van der Waals surface area contributed by atoms with Crippen LogP contribution in [-0.2, 0) is 4.74 Å². The fourth-order valence-electron chi connectivity index (χ4n) is 2.66. The van der Waals surface area contributed by atoms with Gasteiger partial charge in [0.05, 0.1) is 6.04 Å². The molecule has 0 amide bonds. The van der Waals surface area contributed by atoms with Crippen molar-refractivity contribution in [3.05, 3.63) is 34.6 Å². The zero-order chi connectivity index (χ0) is 13.8. The summed E-state index contributed by atoms with van der Waals surface area (Å²) in [6.45, 7) is 1.84. The van der Waals surface area contributed by atoms with Gasteiger partial charge in [-0.15, -0.1) is 0 Å². The molecule has 19 heavy (non-hydrogen) atoms. The lowest BCUT2D eigenvalue weighted by molar-refractivity contribution is 0.0289. The quantitative estimate of drug-likeness (QED) is 0.925. The van der Waals surface area contributed by atoms with Crippen molar-refractivity contribution >= 4 is 11.6 Å². The van der Waals surface area contributed by atoms with Gasteiger partial charge in [0.15, 0.2) is 0 Å². The van der Waals surface area contributed by atoms with E-state index in [0.717, 1.165) is 26.1 Å². The molecule has 0 aliphatic carbocycles. The molecule has 1 fully saturated rings. The molecule has 0 bridgehead atoms. The lowest BCUT2D eigenvalue weighted by atomic mass is 10.00. The summed E-state index contributed by atoms with van der Waals surface area (Å²) in [6.07, 6.45) is 1.89. The lowest BCUT2D eigenvalue weighted by Crippen LogP contribution is -2.42. The van der Waals surface area contributed by atoms with Crippen molar-refractivity contribution in [3.63, 3.8) is 0 Å². The van der Waals surface area contributed by atoms with Gasteiger partial charge in [0, 0.05) is 36.4 Å². The molecule has 2 N–H and O–H groups in total. The van der Waals surface area contributed by atoms with E-state index < -0.39 is 0 Å². The van der Waals surface area contributed by atoms with Crippen LogP contribution in [0.25, 0.3) is 0 Å². The second kappa shape index (κ2) is 6.66. The number of benzene rings is 1. The SMILES string of the molecule is CN(C1CCOCC1)C(CN)c1c(F)cccc1Cl. The average Bonchev–Trinajstić information content (AvgIpc) is 2.43. The minimum Gasteiger partial charge on any atom is -0.381 e. The van der Waals surface area contributed by atoms with E-state index in [1.807, 2.05) is 7.05 Å².